The SMILES string of the molecule is Cc1cc(I)c(O)c(C=Nc2ccc3oc(-c4ccc(Br)cc4)nc3c2)c1. The fraction of sp³-hybridized carbons (Fsp3) is 0.0476. The normalized spacial score (nSPS) is 11.5. The van der Waals surface area contributed by atoms with Crippen LogP contribution in [0.1, 0.15) is 11.1 Å². The minimum Gasteiger partial charge on any atom is -0.506 e. The maximum absolute atomic E-state index is 10.2. The Morgan fingerprint density at radius 3 is 2.67 bits per heavy atom. The molecule has 0 unspecified atom stereocenters. The van der Waals surface area contributed by atoms with Crippen molar-refractivity contribution in [2.24, 2.45) is 4.99 Å². The van der Waals surface area contributed by atoms with Crippen LogP contribution in [0.25, 0.3) is 22.6 Å². The van der Waals surface area contributed by atoms with Crippen LogP contribution in [0.4, 0.5) is 5.69 Å². The molecule has 0 fully saturated rings. The summed E-state index contributed by atoms with van der Waals surface area (Å²) in [4.78, 5) is 9.05. The van der Waals surface area contributed by atoms with E-state index in [1.165, 1.54) is 0 Å². The van der Waals surface area contributed by atoms with Crippen molar-refractivity contribution in [1.82, 2.24) is 4.98 Å². The van der Waals surface area contributed by atoms with Gasteiger partial charge < -0.3 is 9.52 Å². The molecule has 0 saturated heterocycles. The minimum atomic E-state index is 0.241. The molecule has 3 aromatic carbocycles. The monoisotopic (exact) mass is 532 g/mol. The van der Waals surface area contributed by atoms with Crippen molar-refractivity contribution >= 4 is 61.5 Å². The number of hydrogen-bond acceptors (Lipinski definition) is 4. The Morgan fingerprint density at radius 2 is 1.89 bits per heavy atom. The number of fused-ring (bicyclic) bond motifs is 1. The largest absolute Gasteiger partial charge is 0.506 e. The van der Waals surface area contributed by atoms with E-state index in [1.807, 2.05) is 61.5 Å². The number of aryl methyl sites for hydroxylation is 1. The predicted octanol–water partition coefficient (Wildman–Crippen LogP) is 6.63. The lowest BCUT2D eigenvalue weighted by Crippen LogP contribution is -1.87. The minimum absolute atomic E-state index is 0.241. The Morgan fingerprint density at radius 1 is 1.11 bits per heavy atom. The molecule has 4 nitrogen and oxygen atoms in total. The van der Waals surface area contributed by atoms with Gasteiger partial charge in [-0.15, -0.1) is 0 Å². The third-order valence-corrected chi connectivity index (χ3v) is 5.40. The molecule has 4 aromatic rings. The molecule has 134 valence electrons. The van der Waals surface area contributed by atoms with Crippen LogP contribution in [0.3, 0.4) is 0 Å². The first-order chi connectivity index (χ1) is 13.0. The number of aromatic nitrogens is 1. The van der Waals surface area contributed by atoms with Gasteiger partial charge in [0.05, 0.1) is 9.26 Å². The maximum Gasteiger partial charge on any atom is 0.227 e. The van der Waals surface area contributed by atoms with E-state index in [4.69, 9.17) is 4.42 Å². The lowest BCUT2D eigenvalue weighted by atomic mass is 10.1. The highest BCUT2D eigenvalue weighted by Crippen LogP contribution is 2.29. The number of aliphatic imine (C=N–C) groups is 1. The summed E-state index contributed by atoms with van der Waals surface area (Å²) in [5, 5.41) is 10.2. The van der Waals surface area contributed by atoms with Crippen molar-refractivity contribution < 1.29 is 9.52 Å². The summed E-state index contributed by atoms with van der Waals surface area (Å²) < 4.78 is 7.66. The van der Waals surface area contributed by atoms with Gasteiger partial charge in [-0.25, -0.2) is 4.98 Å². The van der Waals surface area contributed by atoms with E-state index in [-0.39, 0.29) is 5.75 Å². The second-order valence-corrected chi connectivity index (χ2v) is 8.20. The standard InChI is InChI=1S/C21H14BrIN2O2/c1-12-8-14(20(26)17(23)9-12)11-24-16-6-7-19-18(10-16)25-21(27-19)13-2-4-15(22)5-3-13/h2-11,26H,1H3. The molecule has 4 rings (SSSR count). The summed E-state index contributed by atoms with van der Waals surface area (Å²) in [5.74, 6) is 0.814. The van der Waals surface area contributed by atoms with E-state index in [1.54, 1.807) is 6.21 Å². The quantitative estimate of drug-likeness (QED) is 0.238. The van der Waals surface area contributed by atoms with Gasteiger partial charge in [0.25, 0.3) is 0 Å². The number of oxazole rings is 1. The second-order valence-electron chi connectivity index (χ2n) is 6.12. The molecule has 0 aliphatic rings. The van der Waals surface area contributed by atoms with Crippen molar-refractivity contribution in [1.29, 1.82) is 0 Å². The van der Waals surface area contributed by atoms with Crippen molar-refractivity contribution in [3.8, 4) is 17.2 Å². The maximum atomic E-state index is 10.2. The molecule has 0 aliphatic carbocycles. The molecule has 0 bridgehead atoms. The van der Waals surface area contributed by atoms with Gasteiger partial charge in [0.15, 0.2) is 5.58 Å². The molecule has 27 heavy (non-hydrogen) atoms. The van der Waals surface area contributed by atoms with Crippen molar-refractivity contribution in [2.45, 2.75) is 6.92 Å². The Balaban J connectivity index is 1.67. The van der Waals surface area contributed by atoms with E-state index in [2.05, 4.69) is 48.5 Å². The Bertz CT molecular complexity index is 1170. The summed E-state index contributed by atoms with van der Waals surface area (Å²) in [6.07, 6.45) is 1.67. The van der Waals surface area contributed by atoms with Gasteiger partial charge in [0.1, 0.15) is 11.3 Å². The van der Waals surface area contributed by atoms with Crippen LogP contribution in [-0.4, -0.2) is 16.3 Å². The van der Waals surface area contributed by atoms with Gasteiger partial charge in [-0.1, -0.05) is 15.9 Å². The molecule has 0 amide bonds. The molecule has 1 N–H and O–H groups in total. The fourth-order valence-corrected chi connectivity index (χ4v) is 3.78. The van der Waals surface area contributed by atoms with Crippen LogP contribution >= 0.6 is 38.5 Å². The summed E-state index contributed by atoms with van der Waals surface area (Å²) in [6.45, 7) is 1.99. The molecule has 0 spiro atoms. The zero-order valence-electron chi connectivity index (χ0n) is 14.3. The summed E-state index contributed by atoms with van der Waals surface area (Å²) in [6, 6.07) is 17.2. The molecule has 1 heterocycles. The van der Waals surface area contributed by atoms with Gasteiger partial charge in [-0.05, 0) is 89.7 Å². The van der Waals surface area contributed by atoms with Gasteiger partial charge in [-0.2, -0.15) is 0 Å². The van der Waals surface area contributed by atoms with Crippen LogP contribution in [0.5, 0.6) is 5.75 Å². The van der Waals surface area contributed by atoms with E-state index < -0.39 is 0 Å². The van der Waals surface area contributed by atoms with Gasteiger partial charge in [0, 0.05) is 21.8 Å². The molecule has 0 radical (unpaired) electrons. The highest BCUT2D eigenvalue weighted by molar-refractivity contribution is 14.1. The molecule has 0 aliphatic heterocycles. The second kappa shape index (κ2) is 7.44. The van der Waals surface area contributed by atoms with Crippen molar-refractivity contribution in [2.75, 3.05) is 0 Å². The smallest absolute Gasteiger partial charge is 0.227 e. The van der Waals surface area contributed by atoms with Crippen LogP contribution in [0.15, 0.2) is 68.5 Å². The highest BCUT2D eigenvalue weighted by Gasteiger charge is 2.09. The molecular weight excluding hydrogens is 519 g/mol. The van der Waals surface area contributed by atoms with E-state index in [9.17, 15) is 5.11 Å². The molecule has 0 atom stereocenters. The number of rotatable bonds is 3. The Labute approximate surface area is 178 Å². The third-order valence-electron chi connectivity index (χ3n) is 4.05. The van der Waals surface area contributed by atoms with Gasteiger partial charge in [-0.3, -0.25) is 4.99 Å². The van der Waals surface area contributed by atoms with Crippen LogP contribution in [-0.2, 0) is 0 Å². The first kappa shape index (κ1) is 18.2. The number of phenolic OH excluding ortho intramolecular Hbond substituents is 1. The number of aromatic hydroxyl groups is 1. The van der Waals surface area contributed by atoms with E-state index in [0.29, 0.717) is 17.0 Å². The van der Waals surface area contributed by atoms with Crippen molar-refractivity contribution in [3.63, 3.8) is 0 Å². The molecule has 6 heteroatoms. The Kier molecular flexibility index (Phi) is 5.01. The third kappa shape index (κ3) is 3.91. The molecule has 0 saturated carbocycles. The first-order valence-electron chi connectivity index (χ1n) is 8.19. The number of phenols is 1. The topological polar surface area (TPSA) is 58.6 Å². The number of hydrogen-bond donors (Lipinski definition) is 1. The molecular formula is C21H14BrIN2O2. The summed E-state index contributed by atoms with van der Waals surface area (Å²) in [7, 11) is 0. The predicted molar refractivity (Wildman–Crippen MR) is 120 cm³/mol. The summed E-state index contributed by atoms with van der Waals surface area (Å²) >= 11 is 5.54. The highest BCUT2D eigenvalue weighted by atomic mass is 127. The number of nitrogens with zero attached hydrogens (tertiary/aromatic N) is 2. The van der Waals surface area contributed by atoms with Gasteiger partial charge >= 0.3 is 0 Å². The van der Waals surface area contributed by atoms with Crippen LogP contribution in [0, 0.1) is 10.5 Å². The van der Waals surface area contributed by atoms with Crippen LogP contribution in [0.2, 0.25) is 0 Å². The van der Waals surface area contributed by atoms with E-state index >= 15 is 0 Å². The molecule has 1 aromatic heterocycles. The van der Waals surface area contributed by atoms with Gasteiger partial charge in [0.2, 0.25) is 5.89 Å². The lowest BCUT2D eigenvalue weighted by Gasteiger charge is -2.03. The average Bonchev–Trinajstić information content (AvgIpc) is 3.07. The van der Waals surface area contributed by atoms with E-state index in [0.717, 1.165) is 30.4 Å². The number of halogens is 2. The summed E-state index contributed by atoms with van der Waals surface area (Å²) in [5.41, 5.74) is 4.87. The zero-order valence-corrected chi connectivity index (χ0v) is 18.0. The average molecular weight is 533 g/mol. The fourth-order valence-electron chi connectivity index (χ4n) is 2.72. The van der Waals surface area contributed by atoms with Crippen LogP contribution < -0.4 is 0 Å². The lowest BCUT2D eigenvalue weighted by molar-refractivity contribution is 0.470. The van der Waals surface area contributed by atoms with Crippen molar-refractivity contribution in [3.05, 3.63) is 73.8 Å². The Hall–Kier alpha value is -2.19. The number of benzene rings is 3. The zero-order chi connectivity index (χ0) is 19.0. The first-order valence-corrected chi connectivity index (χ1v) is 10.1.